The smallest absolute Gasteiger partial charge is 0.326 e. The lowest BCUT2D eigenvalue weighted by molar-refractivity contribution is -0.385. The van der Waals surface area contributed by atoms with E-state index in [9.17, 15) is 23.3 Å². The molecule has 0 saturated heterocycles. The fourth-order valence-electron chi connectivity index (χ4n) is 1.78. The van der Waals surface area contributed by atoms with E-state index in [1.165, 1.54) is 6.07 Å². The second-order valence-corrected chi connectivity index (χ2v) is 6.52. The van der Waals surface area contributed by atoms with Crippen LogP contribution in [0.25, 0.3) is 0 Å². The van der Waals surface area contributed by atoms with Crippen molar-refractivity contribution in [3.8, 4) is 0 Å². The van der Waals surface area contributed by atoms with Crippen molar-refractivity contribution in [2.24, 2.45) is 0 Å². The van der Waals surface area contributed by atoms with E-state index in [4.69, 9.17) is 5.11 Å². The molecule has 1 aromatic rings. The van der Waals surface area contributed by atoms with Gasteiger partial charge in [-0.05, 0) is 12.5 Å². The molecule has 0 amide bonds. The predicted molar refractivity (Wildman–Crippen MR) is 76.2 cm³/mol. The number of aliphatic carboxylic acids is 1. The number of nitrogens with zero attached hydrogens (tertiary/aromatic N) is 1. The van der Waals surface area contributed by atoms with Crippen molar-refractivity contribution < 1.29 is 23.2 Å². The number of hydrogen-bond donors (Lipinski definition) is 2. The maximum atomic E-state index is 11.7. The Hall–Kier alpha value is -2.16. The topological polar surface area (TPSA) is 127 Å². The van der Waals surface area contributed by atoms with E-state index < -0.39 is 26.8 Å². The molecule has 0 aliphatic heterocycles. The summed E-state index contributed by atoms with van der Waals surface area (Å²) >= 11 is 0. The van der Waals surface area contributed by atoms with E-state index in [0.29, 0.717) is 12.8 Å². The minimum Gasteiger partial charge on any atom is -0.480 e. The molecule has 0 heterocycles. The second-order valence-electron chi connectivity index (χ2n) is 4.53. The van der Waals surface area contributed by atoms with Crippen molar-refractivity contribution in [1.82, 2.24) is 0 Å². The van der Waals surface area contributed by atoms with Crippen molar-refractivity contribution in [3.63, 3.8) is 0 Å². The highest BCUT2D eigenvalue weighted by Crippen LogP contribution is 2.27. The molecular formula is C12H16N2O6S. The van der Waals surface area contributed by atoms with Crippen LogP contribution in [0.4, 0.5) is 11.4 Å². The average molecular weight is 316 g/mol. The highest BCUT2D eigenvalue weighted by atomic mass is 32.2. The summed E-state index contributed by atoms with van der Waals surface area (Å²) in [5.74, 6) is -1.12. The number of benzene rings is 1. The monoisotopic (exact) mass is 316 g/mol. The third-order valence-electron chi connectivity index (χ3n) is 2.78. The lowest BCUT2D eigenvalue weighted by Crippen LogP contribution is -2.29. The van der Waals surface area contributed by atoms with Gasteiger partial charge in [-0.15, -0.1) is 0 Å². The lowest BCUT2D eigenvalue weighted by Gasteiger charge is -2.17. The molecule has 116 valence electrons. The molecule has 2 N–H and O–H groups in total. The summed E-state index contributed by atoms with van der Waals surface area (Å²) in [5.41, 5.74) is -0.327. The van der Waals surface area contributed by atoms with E-state index >= 15 is 0 Å². The maximum absolute atomic E-state index is 11.7. The Morgan fingerprint density at radius 2 is 2.10 bits per heavy atom. The molecule has 1 atom stereocenters. The van der Waals surface area contributed by atoms with Gasteiger partial charge in [0, 0.05) is 18.4 Å². The number of carbonyl (C=O) groups is 1. The van der Waals surface area contributed by atoms with Gasteiger partial charge in [0.15, 0.2) is 9.84 Å². The third-order valence-corrected chi connectivity index (χ3v) is 3.92. The van der Waals surface area contributed by atoms with Crippen LogP contribution in [0.3, 0.4) is 0 Å². The summed E-state index contributed by atoms with van der Waals surface area (Å²) in [7, 11) is -3.74. The number of nitro groups is 1. The summed E-state index contributed by atoms with van der Waals surface area (Å²) < 4.78 is 23.5. The zero-order chi connectivity index (χ0) is 16.2. The van der Waals surface area contributed by atoms with Crippen LogP contribution >= 0.6 is 0 Å². The van der Waals surface area contributed by atoms with Crippen LogP contribution in [-0.2, 0) is 14.6 Å². The molecular weight excluding hydrogens is 300 g/mol. The summed E-state index contributed by atoms with van der Waals surface area (Å²) in [6.07, 6.45) is 1.80. The summed E-state index contributed by atoms with van der Waals surface area (Å²) in [6.45, 7) is 1.80. The molecule has 0 spiro atoms. The Morgan fingerprint density at radius 3 is 2.52 bits per heavy atom. The van der Waals surface area contributed by atoms with E-state index in [1.54, 1.807) is 6.92 Å². The van der Waals surface area contributed by atoms with Crippen LogP contribution in [0.2, 0.25) is 0 Å². The number of non-ortho nitro benzene ring substituents is 1. The van der Waals surface area contributed by atoms with Crippen LogP contribution in [0.5, 0.6) is 0 Å². The van der Waals surface area contributed by atoms with Gasteiger partial charge in [0.25, 0.3) is 5.69 Å². The van der Waals surface area contributed by atoms with Gasteiger partial charge < -0.3 is 10.4 Å². The molecule has 1 unspecified atom stereocenters. The van der Waals surface area contributed by atoms with Crippen LogP contribution in [0, 0.1) is 10.1 Å². The summed E-state index contributed by atoms with van der Waals surface area (Å²) in [4.78, 5) is 20.8. The van der Waals surface area contributed by atoms with Gasteiger partial charge in [0.1, 0.15) is 6.04 Å². The van der Waals surface area contributed by atoms with Crippen LogP contribution in [-0.4, -0.2) is 36.7 Å². The SMILES string of the molecule is CCCC(Nc1ccc([N+](=O)[O-])cc1S(C)(=O)=O)C(=O)O. The first-order chi connectivity index (χ1) is 9.66. The average Bonchev–Trinajstić information content (AvgIpc) is 2.36. The molecule has 0 radical (unpaired) electrons. The number of anilines is 1. The van der Waals surface area contributed by atoms with Gasteiger partial charge in [0.05, 0.1) is 15.5 Å². The number of rotatable bonds is 7. The normalized spacial score (nSPS) is 12.7. The number of carboxylic acid groups (broad SMARTS) is 1. The first kappa shape index (κ1) is 16.9. The number of carboxylic acids is 1. The minimum absolute atomic E-state index is 0.0453. The summed E-state index contributed by atoms with van der Waals surface area (Å²) in [6, 6.07) is 2.29. The van der Waals surface area contributed by atoms with Crippen molar-refractivity contribution in [2.45, 2.75) is 30.7 Å². The fraction of sp³-hybridized carbons (Fsp3) is 0.417. The fourth-order valence-corrected chi connectivity index (χ4v) is 2.65. The largest absolute Gasteiger partial charge is 0.480 e. The molecule has 0 bridgehead atoms. The Labute approximate surface area is 121 Å². The Balaban J connectivity index is 3.29. The molecule has 1 aromatic carbocycles. The van der Waals surface area contributed by atoms with Gasteiger partial charge in [-0.25, -0.2) is 13.2 Å². The van der Waals surface area contributed by atoms with Crippen LogP contribution in [0.1, 0.15) is 19.8 Å². The van der Waals surface area contributed by atoms with Gasteiger partial charge in [-0.1, -0.05) is 13.3 Å². The molecule has 21 heavy (non-hydrogen) atoms. The Morgan fingerprint density at radius 1 is 1.48 bits per heavy atom. The van der Waals surface area contributed by atoms with Gasteiger partial charge in [-0.3, -0.25) is 10.1 Å². The first-order valence-corrected chi connectivity index (χ1v) is 8.03. The molecule has 9 heteroatoms. The third kappa shape index (κ3) is 4.42. The van der Waals surface area contributed by atoms with E-state index in [2.05, 4.69) is 5.32 Å². The maximum Gasteiger partial charge on any atom is 0.326 e. The molecule has 8 nitrogen and oxygen atoms in total. The highest BCUT2D eigenvalue weighted by Gasteiger charge is 2.22. The number of nitro benzene ring substituents is 1. The zero-order valence-corrected chi connectivity index (χ0v) is 12.4. The van der Waals surface area contributed by atoms with Crippen LogP contribution in [0.15, 0.2) is 23.1 Å². The summed E-state index contributed by atoms with van der Waals surface area (Å²) in [5, 5.41) is 22.4. The predicted octanol–water partition coefficient (Wildman–Crippen LogP) is 1.66. The van der Waals surface area contributed by atoms with Gasteiger partial charge >= 0.3 is 5.97 Å². The lowest BCUT2D eigenvalue weighted by atomic mass is 10.1. The van der Waals surface area contributed by atoms with E-state index in [1.807, 2.05) is 0 Å². The molecule has 0 aliphatic carbocycles. The van der Waals surface area contributed by atoms with Crippen molar-refractivity contribution in [1.29, 1.82) is 0 Å². The van der Waals surface area contributed by atoms with E-state index in [-0.39, 0.29) is 16.3 Å². The number of sulfone groups is 1. The van der Waals surface area contributed by atoms with Gasteiger partial charge in [0.2, 0.25) is 0 Å². The molecule has 0 fully saturated rings. The highest BCUT2D eigenvalue weighted by molar-refractivity contribution is 7.90. The first-order valence-electron chi connectivity index (χ1n) is 6.14. The van der Waals surface area contributed by atoms with Crippen molar-refractivity contribution >= 4 is 27.2 Å². The minimum atomic E-state index is -3.74. The number of nitrogens with one attached hydrogen (secondary N) is 1. The second kappa shape index (κ2) is 6.53. The molecule has 0 saturated carbocycles. The van der Waals surface area contributed by atoms with Crippen LogP contribution < -0.4 is 5.32 Å². The molecule has 1 rings (SSSR count). The van der Waals surface area contributed by atoms with E-state index in [0.717, 1.165) is 18.4 Å². The Kier molecular flexibility index (Phi) is 5.25. The number of hydrogen-bond acceptors (Lipinski definition) is 6. The molecule has 0 aromatic heterocycles. The zero-order valence-electron chi connectivity index (χ0n) is 11.6. The van der Waals surface area contributed by atoms with Gasteiger partial charge in [-0.2, -0.15) is 0 Å². The standard InChI is InChI=1S/C12H16N2O6S/c1-3-4-10(12(15)16)13-9-6-5-8(14(17)18)7-11(9)21(2,19)20/h5-7,10,13H,3-4H2,1-2H3,(H,15,16). The Bertz CT molecular complexity index is 656. The van der Waals surface area contributed by atoms with Crippen molar-refractivity contribution in [2.75, 3.05) is 11.6 Å². The quantitative estimate of drug-likeness (QED) is 0.578. The molecule has 0 aliphatic rings. The van der Waals surface area contributed by atoms with Crippen molar-refractivity contribution in [3.05, 3.63) is 28.3 Å².